The van der Waals surface area contributed by atoms with Crippen molar-refractivity contribution >= 4 is 6.09 Å². The molecule has 1 fully saturated rings. The van der Waals surface area contributed by atoms with Crippen molar-refractivity contribution in [3.63, 3.8) is 0 Å². The molecule has 2 atom stereocenters. The summed E-state index contributed by atoms with van der Waals surface area (Å²) in [6.45, 7) is 14.7. The predicted octanol–water partition coefficient (Wildman–Crippen LogP) is 2.70. The minimum atomic E-state index is -0.443. The van der Waals surface area contributed by atoms with E-state index in [1.807, 2.05) is 34.6 Å². The Labute approximate surface area is 136 Å². The highest BCUT2D eigenvalue weighted by molar-refractivity contribution is 5.68. The summed E-state index contributed by atoms with van der Waals surface area (Å²) in [6, 6.07) is 1.32. The molecule has 1 aliphatic heterocycles. The lowest BCUT2D eigenvalue weighted by molar-refractivity contribution is 0.0190. The Morgan fingerprint density at radius 1 is 1.41 bits per heavy atom. The highest BCUT2D eigenvalue weighted by Crippen LogP contribution is 2.15. The van der Waals surface area contributed by atoms with E-state index in [1.165, 1.54) is 12.8 Å². The molecule has 22 heavy (non-hydrogen) atoms. The molecule has 1 aliphatic rings. The van der Waals surface area contributed by atoms with Crippen molar-refractivity contribution in [2.75, 3.05) is 26.7 Å². The second-order valence-corrected chi connectivity index (χ2v) is 7.77. The van der Waals surface area contributed by atoms with E-state index in [2.05, 4.69) is 24.2 Å². The molecule has 0 spiro atoms. The van der Waals surface area contributed by atoms with E-state index in [4.69, 9.17) is 4.74 Å². The van der Waals surface area contributed by atoms with Crippen LogP contribution in [0.1, 0.15) is 54.4 Å². The largest absolute Gasteiger partial charge is 0.444 e. The molecule has 130 valence electrons. The van der Waals surface area contributed by atoms with E-state index in [0.29, 0.717) is 18.6 Å². The average molecular weight is 313 g/mol. The zero-order valence-electron chi connectivity index (χ0n) is 15.5. The third-order valence-corrected chi connectivity index (χ3v) is 4.25. The fraction of sp³-hybridized carbons (Fsp3) is 0.941. The number of carbonyl (C=O) groups is 1. The van der Waals surface area contributed by atoms with E-state index in [-0.39, 0.29) is 12.1 Å². The lowest BCUT2D eigenvalue weighted by atomic mass is 9.99. The Kier molecular flexibility index (Phi) is 7.13. The summed E-state index contributed by atoms with van der Waals surface area (Å²) in [7, 11) is 2.18. The summed E-state index contributed by atoms with van der Waals surface area (Å²) < 4.78 is 5.49. The average Bonchev–Trinajstić information content (AvgIpc) is 2.36. The third kappa shape index (κ3) is 6.53. The van der Waals surface area contributed by atoms with Gasteiger partial charge in [0.25, 0.3) is 0 Å². The second-order valence-electron chi connectivity index (χ2n) is 7.77. The molecule has 5 nitrogen and oxygen atoms in total. The maximum absolute atomic E-state index is 12.2. The molecule has 5 heteroatoms. The van der Waals surface area contributed by atoms with Crippen LogP contribution in [0.3, 0.4) is 0 Å². The third-order valence-electron chi connectivity index (χ3n) is 4.25. The fourth-order valence-electron chi connectivity index (χ4n) is 2.74. The van der Waals surface area contributed by atoms with Gasteiger partial charge < -0.3 is 19.9 Å². The normalized spacial score (nSPS) is 23.6. The van der Waals surface area contributed by atoms with Crippen LogP contribution in [-0.2, 0) is 4.74 Å². The van der Waals surface area contributed by atoms with Crippen molar-refractivity contribution in [1.82, 2.24) is 15.1 Å². The molecule has 1 amide bonds. The van der Waals surface area contributed by atoms with Gasteiger partial charge in [-0.05, 0) is 68.0 Å². The molecule has 1 saturated heterocycles. The second kappa shape index (κ2) is 8.16. The number of hydrogen-bond acceptors (Lipinski definition) is 4. The van der Waals surface area contributed by atoms with E-state index in [9.17, 15) is 4.79 Å². The Balaban J connectivity index is 2.40. The lowest BCUT2D eigenvalue weighted by Crippen LogP contribution is -2.49. The standard InChI is InChI=1S/C17H35N3O2/c1-13(2)20(16(21)22-17(4,5)6)11-9-18-15-8-10-19(7)14(3)12-15/h13-15,18H,8-12H2,1-7H3. The monoisotopic (exact) mass is 313 g/mol. The van der Waals surface area contributed by atoms with Crippen molar-refractivity contribution in [2.45, 2.75) is 78.1 Å². The number of hydrogen-bond donors (Lipinski definition) is 1. The number of nitrogens with one attached hydrogen (secondary N) is 1. The van der Waals surface area contributed by atoms with Gasteiger partial charge in [-0.25, -0.2) is 4.79 Å². The molecule has 0 aromatic carbocycles. The first-order valence-corrected chi connectivity index (χ1v) is 8.53. The molecule has 1 heterocycles. The van der Waals surface area contributed by atoms with Crippen LogP contribution in [0.2, 0.25) is 0 Å². The first-order valence-electron chi connectivity index (χ1n) is 8.53. The molecule has 0 aromatic heterocycles. The topological polar surface area (TPSA) is 44.8 Å². The van der Waals surface area contributed by atoms with Crippen molar-refractivity contribution in [3.8, 4) is 0 Å². The number of ether oxygens (including phenoxy) is 1. The molecule has 0 aromatic rings. The van der Waals surface area contributed by atoms with Crippen molar-refractivity contribution in [2.24, 2.45) is 0 Å². The van der Waals surface area contributed by atoms with Gasteiger partial charge in [-0.2, -0.15) is 0 Å². The molecule has 0 radical (unpaired) electrons. The predicted molar refractivity (Wildman–Crippen MR) is 91.2 cm³/mol. The number of likely N-dealkylation sites (tertiary alicyclic amines) is 1. The van der Waals surface area contributed by atoms with Crippen LogP contribution in [0.5, 0.6) is 0 Å². The number of carbonyl (C=O) groups excluding carboxylic acids is 1. The first kappa shape index (κ1) is 19.2. The van der Waals surface area contributed by atoms with Gasteiger partial charge in [-0.15, -0.1) is 0 Å². The van der Waals surface area contributed by atoms with Crippen LogP contribution in [0.15, 0.2) is 0 Å². The summed E-state index contributed by atoms with van der Waals surface area (Å²) in [5.41, 5.74) is -0.443. The summed E-state index contributed by atoms with van der Waals surface area (Å²) in [6.07, 6.45) is 2.13. The molecule has 2 unspecified atom stereocenters. The zero-order chi connectivity index (χ0) is 16.9. The molecule has 0 bridgehead atoms. The molecular formula is C17H35N3O2. The van der Waals surface area contributed by atoms with Gasteiger partial charge in [0.15, 0.2) is 0 Å². The molecule has 1 rings (SSSR count). The number of nitrogens with zero attached hydrogens (tertiary/aromatic N) is 2. The van der Waals surface area contributed by atoms with Crippen LogP contribution in [0.25, 0.3) is 0 Å². The SMILES string of the molecule is CC1CC(NCCN(C(=O)OC(C)(C)C)C(C)C)CCN1C. The van der Waals surface area contributed by atoms with Crippen LogP contribution < -0.4 is 5.32 Å². The highest BCUT2D eigenvalue weighted by Gasteiger charge is 2.25. The lowest BCUT2D eigenvalue weighted by Gasteiger charge is -2.36. The van der Waals surface area contributed by atoms with E-state index in [0.717, 1.165) is 13.1 Å². The summed E-state index contributed by atoms with van der Waals surface area (Å²) in [5, 5.41) is 3.60. The summed E-state index contributed by atoms with van der Waals surface area (Å²) in [4.78, 5) is 16.5. The van der Waals surface area contributed by atoms with Gasteiger partial charge in [0.05, 0.1) is 0 Å². The van der Waals surface area contributed by atoms with Crippen molar-refractivity contribution in [1.29, 1.82) is 0 Å². The van der Waals surface area contributed by atoms with Gasteiger partial charge in [0.1, 0.15) is 5.60 Å². The Hall–Kier alpha value is -0.810. The smallest absolute Gasteiger partial charge is 0.410 e. The van der Waals surface area contributed by atoms with Crippen LogP contribution in [0.4, 0.5) is 4.79 Å². The maximum atomic E-state index is 12.2. The molecule has 0 saturated carbocycles. The van der Waals surface area contributed by atoms with Gasteiger partial charge in [-0.1, -0.05) is 0 Å². The molecule has 0 aliphatic carbocycles. The van der Waals surface area contributed by atoms with Gasteiger partial charge >= 0.3 is 6.09 Å². The van der Waals surface area contributed by atoms with Gasteiger partial charge in [0, 0.05) is 31.2 Å². The van der Waals surface area contributed by atoms with Gasteiger partial charge in [0.2, 0.25) is 0 Å². The minimum Gasteiger partial charge on any atom is -0.444 e. The van der Waals surface area contributed by atoms with E-state index in [1.54, 1.807) is 4.90 Å². The van der Waals surface area contributed by atoms with Crippen LogP contribution >= 0.6 is 0 Å². The van der Waals surface area contributed by atoms with Crippen LogP contribution in [-0.4, -0.2) is 66.3 Å². The highest BCUT2D eigenvalue weighted by atomic mass is 16.6. The zero-order valence-corrected chi connectivity index (χ0v) is 15.5. The Morgan fingerprint density at radius 2 is 2.05 bits per heavy atom. The van der Waals surface area contributed by atoms with Gasteiger partial charge in [-0.3, -0.25) is 0 Å². The Morgan fingerprint density at radius 3 is 2.55 bits per heavy atom. The number of amides is 1. The van der Waals surface area contributed by atoms with Crippen LogP contribution in [0, 0.1) is 0 Å². The quantitative estimate of drug-likeness (QED) is 0.847. The number of piperidine rings is 1. The maximum Gasteiger partial charge on any atom is 0.410 e. The van der Waals surface area contributed by atoms with Crippen molar-refractivity contribution < 1.29 is 9.53 Å². The summed E-state index contributed by atoms with van der Waals surface area (Å²) >= 11 is 0. The van der Waals surface area contributed by atoms with E-state index < -0.39 is 5.60 Å². The van der Waals surface area contributed by atoms with E-state index >= 15 is 0 Å². The molecular weight excluding hydrogens is 278 g/mol. The minimum absolute atomic E-state index is 0.146. The fourth-order valence-corrected chi connectivity index (χ4v) is 2.74. The molecule has 1 N–H and O–H groups in total. The summed E-state index contributed by atoms with van der Waals surface area (Å²) in [5.74, 6) is 0. The Bertz CT molecular complexity index is 352. The number of rotatable bonds is 5. The van der Waals surface area contributed by atoms with Crippen molar-refractivity contribution in [3.05, 3.63) is 0 Å². The first-order chi connectivity index (χ1) is 10.1.